The molecule has 1 aromatic heterocycles. The zero-order valence-corrected chi connectivity index (χ0v) is 14.2. The van der Waals surface area contributed by atoms with E-state index in [9.17, 15) is 9.18 Å². The van der Waals surface area contributed by atoms with Gasteiger partial charge in [-0.3, -0.25) is 14.7 Å². The van der Waals surface area contributed by atoms with E-state index in [1.54, 1.807) is 12.1 Å². The van der Waals surface area contributed by atoms with Crippen molar-refractivity contribution in [3.8, 4) is 0 Å². The maximum Gasteiger partial charge on any atom is 0.239 e. The first kappa shape index (κ1) is 17.0. The number of carbonyl (C=O) groups excluding carboxylic acids is 1. The molecule has 0 radical (unpaired) electrons. The molecule has 0 unspecified atom stereocenters. The Morgan fingerprint density at radius 3 is 2.68 bits per heavy atom. The number of rotatable bonds is 5. The number of aromatic nitrogens is 1. The van der Waals surface area contributed by atoms with Crippen molar-refractivity contribution in [2.24, 2.45) is 5.73 Å². The van der Waals surface area contributed by atoms with E-state index in [4.69, 9.17) is 5.73 Å². The minimum Gasteiger partial charge on any atom is -0.368 e. The number of hydrogen-bond acceptors (Lipinski definition) is 3. The lowest BCUT2D eigenvalue weighted by Gasteiger charge is -2.26. The number of halogens is 1. The highest BCUT2D eigenvalue weighted by molar-refractivity contribution is 5.83. The predicted molar refractivity (Wildman–Crippen MR) is 96.3 cm³/mol. The van der Waals surface area contributed by atoms with Gasteiger partial charge in [-0.25, -0.2) is 4.39 Å². The summed E-state index contributed by atoms with van der Waals surface area (Å²) in [5.41, 5.74) is 9.01. The number of carbonyl (C=O) groups is 1. The summed E-state index contributed by atoms with van der Waals surface area (Å²) in [6.07, 6.45) is 0. The Hall–Kier alpha value is -2.79. The van der Waals surface area contributed by atoms with Crippen LogP contribution in [0.1, 0.15) is 22.9 Å². The molecule has 2 aromatic carbocycles. The van der Waals surface area contributed by atoms with Crippen LogP contribution in [0, 0.1) is 12.7 Å². The van der Waals surface area contributed by atoms with Crippen LogP contribution in [-0.2, 0) is 11.3 Å². The molecule has 0 aliphatic heterocycles. The molecule has 128 valence electrons. The zero-order valence-electron chi connectivity index (χ0n) is 14.2. The highest BCUT2D eigenvalue weighted by Crippen LogP contribution is 2.25. The van der Waals surface area contributed by atoms with Gasteiger partial charge in [-0.05, 0) is 49.4 Å². The van der Waals surface area contributed by atoms with Crippen molar-refractivity contribution in [3.63, 3.8) is 0 Å². The van der Waals surface area contributed by atoms with E-state index < -0.39 is 11.9 Å². The number of amides is 1. The number of aryl methyl sites for hydroxylation is 1. The van der Waals surface area contributed by atoms with Gasteiger partial charge in [-0.1, -0.05) is 30.3 Å². The second-order valence-electron chi connectivity index (χ2n) is 6.21. The standard InChI is InChI=1S/C20H20FN3O/c1-13-10-15(17-8-3-4-9-18(17)23-13)12-24(2)19(20(22)25)14-6-5-7-16(21)11-14/h3-11,19H,12H2,1-2H3,(H2,22,25)/t19-/m1/s1. The Labute approximate surface area is 146 Å². The summed E-state index contributed by atoms with van der Waals surface area (Å²) in [5.74, 6) is -0.898. The fourth-order valence-electron chi connectivity index (χ4n) is 3.20. The Morgan fingerprint density at radius 2 is 1.96 bits per heavy atom. The van der Waals surface area contributed by atoms with Gasteiger partial charge in [-0.15, -0.1) is 0 Å². The van der Waals surface area contributed by atoms with E-state index in [0.717, 1.165) is 22.2 Å². The molecule has 0 bridgehead atoms. The average Bonchev–Trinajstić information content (AvgIpc) is 2.54. The quantitative estimate of drug-likeness (QED) is 0.777. The summed E-state index contributed by atoms with van der Waals surface area (Å²) in [6, 6.07) is 15.2. The first-order valence-electron chi connectivity index (χ1n) is 8.06. The molecule has 5 heteroatoms. The molecule has 1 heterocycles. The van der Waals surface area contributed by atoms with Crippen molar-refractivity contribution < 1.29 is 9.18 Å². The van der Waals surface area contributed by atoms with E-state index in [1.165, 1.54) is 12.1 Å². The second kappa shape index (κ2) is 6.99. The SMILES string of the molecule is Cc1cc(CN(C)[C@@H](C(N)=O)c2cccc(F)c2)c2ccccc2n1. The van der Waals surface area contributed by atoms with Crippen LogP contribution in [-0.4, -0.2) is 22.8 Å². The second-order valence-corrected chi connectivity index (χ2v) is 6.21. The third-order valence-electron chi connectivity index (χ3n) is 4.22. The molecule has 0 saturated heterocycles. The van der Waals surface area contributed by atoms with Crippen LogP contribution in [0.3, 0.4) is 0 Å². The van der Waals surface area contributed by atoms with E-state index in [-0.39, 0.29) is 5.82 Å². The fourth-order valence-corrected chi connectivity index (χ4v) is 3.20. The lowest BCUT2D eigenvalue weighted by molar-refractivity contribution is -0.123. The summed E-state index contributed by atoms with van der Waals surface area (Å²) >= 11 is 0. The van der Waals surface area contributed by atoms with Crippen LogP contribution in [0.5, 0.6) is 0 Å². The van der Waals surface area contributed by atoms with Crippen molar-refractivity contribution in [2.75, 3.05) is 7.05 Å². The molecule has 0 spiro atoms. The smallest absolute Gasteiger partial charge is 0.239 e. The lowest BCUT2D eigenvalue weighted by atomic mass is 10.0. The Morgan fingerprint density at radius 1 is 1.20 bits per heavy atom. The van der Waals surface area contributed by atoms with Gasteiger partial charge in [0.2, 0.25) is 5.91 Å². The molecular formula is C20H20FN3O. The molecule has 1 amide bonds. The predicted octanol–water partition coefficient (Wildman–Crippen LogP) is 3.34. The van der Waals surface area contributed by atoms with Crippen LogP contribution >= 0.6 is 0 Å². The molecule has 3 aromatic rings. The minimum absolute atomic E-state index is 0.387. The maximum absolute atomic E-state index is 13.6. The van der Waals surface area contributed by atoms with Crippen molar-refractivity contribution in [1.82, 2.24) is 9.88 Å². The summed E-state index contributed by atoms with van der Waals surface area (Å²) < 4.78 is 13.6. The monoisotopic (exact) mass is 337 g/mol. The average molecular weight is 337 g/mol. The van der Waals surface area contributed by atoms with Crippen LogP contribution in [0.15, 0.2) is 54.6 Å². The number of para-hydroxylation sites is 1. The lowest BCUT2D eigenvalue weighted by Crippen LogP contribution is -2.35. The van der Waals surface area contributed by atoms with Crippen LogP contribution in [0.2, 0.25) is 0 Å². The summed E-state index contributed by atoms with van der Waals surface area (Å²) in [7, 11) is 1.81. The van der Waals surface area contributed by atoms with Gasteiger partial charge in [0, 0.05) is 17.6 Å². The molecule has 3 rings (SSSR count). The van der Waals surface area contributed by atoms with Crippen LogP contribution in [0.25, 0.3) is 10.9 Å². The first-order chi connectivity index (χ1) is 12.0. The third kappa shape index (κ3) is 3.67. The summed E-state index contributed by atoms with van der Waals surface area (Å²) in [5, 5.41) is 1.03. The van der Waals surface area contributed by atoms with Crippen molar-refractivity contribution in [3.05, 3.63) is 77.2 Å². The van der Waals surface area contributed by atoms with Crippen molar-refractivity contribution in [1.29, 1.82) is 0 Å². The summed E-state index contributed by atoms with van der Waals surface area (Å²) in [6.45, 7) is 2.43. The molecule has 0 aliphatic carbocycles. The van der Waals surface area contributed by atoms with Crippen LogP contribution < -0.4 is 5.73 Å². The van der Waals surface area contributed by atoms with Gasteiger partial charge >= 0.3 is 0 Å². The third-order valence-corrected chi connectivity index (χ3v) is 4.22. The number of nitrogens with two attached hydrogens (primary N) is 1. The molecule has 4 nitrogen and oxygen atoms in total. The van der Waals surface area contributed by atoms with Gasteiger partial charge < -0.3 is 5.73 Å². The molecule has 25 heavy (non-hydrogen) atoms. The zero-order chi connectivity index (χ0) is 18.0. The normalized spacial score (nSPS) is 12.5. The van der Waals surface area contributed by atoms with Gasteiger partial charge in [0.25, 0.3) is 0 Å². The maximum atomic E-state index is 13.6. The molecule has 0 fully saturated rings. The number of primary amides is 1. The molecule has 1 atom stereocenters. The highest BCUT2D eigenvalue weighted by atomic mass is 19.1. The topological polar surface area (TPSA) is 59.2 Å². The largest absolute Gasteiger partial charge is 0.368 e. The van der Waals surface area contributed by atoms with E-state index in [0.29, 0.717) is 12.1 Å². The van der Waals surface area contributed by atoms with E-state index in [2.05, 4.69) is 4.98 Å². The summed E-state index contributed by atoms with van der Waals surface area (Å²) in [4.78, 5) is 18.4. The van der Waals surface area contributed by atoms with Crippen LogP contribution in [0.4, 0.5) is 4.39 Å². The fraction of sp³-hybridized carbons (Fsp3) is 0.200. The van der Waals surface area contributed by atoms with Gasteiger partial charge in [-0.2, -0.15) is 0 Å². The molecule has 0 saturated carbocycles. The van der Waals surface area contributed by atoms with Crippen molar-refractivity contribution >= 4 is 16.8 Å². The number of benzene rings is 2. The van der Waals surface area contributed by atoms with Gasteiger partial charge in [0.1, 0.15) is 11.9 Å². The van der Waals surface area contributed by atoms with Gasteiger partial charge in [0.15, 0.2) is 0 Å². The van der Waals surface area contributed by atoms with Gasteiger partial charge in [0.05, 0.1) is 5.52 Å². The number of hydrogen-bond donors (Lipinski definition) is 1. The highest BCUT2D eigenvalue weighted by Gasteiger charge is 2.24. The Kier molecular flexibility index (Phi) is 4.76. The number of pyridine rings is 1. The number of nitrogens with zero attached hydrogens (tertiary/aromatic N) is 2. The number of likely N-dealkylation sites (N-methyl/N-ethyl adjacent to an activating group) is 1. The Bertz CT molecular complexity index is 926. The molecule has 2 N–H and O–H groups in total. The Balaban J connectivity index is 1.97. The first-order valence-corrected chi connectivity index (χ1v) is 8.06. The molecular weight excluding hydrogens is 317 g/mol. The van der Waals surface area contributed by atoms with E-state index in [1.807, 2.05) is 49.2 Å². The van der Waals surface area contributed by atoms with E-state index >= 15 is 0 Å². The van der Waals surface area contributed by atoms with Crippen molar-refractivity contribution in [2.45, 2.75) is 19.5 Å². The molecule has 0 aliphatic rings. The minimum atomic E-state index is -0.706. The number of fused-ring (bicyclic) bond motifs is 1.